The lowest BCUT2D eigenvalue weighted by Crippen LogP contribution is -2.33. The number of amides is 1. The highest BCUT2D eigenvalue weighted by molar-refractivity contribution is 5.67. The zero-order chi connectivity index (χ0) is 6.69. The number of rotatable bonds is 1. The molecule has 9 heavy (non-hydrogen) atoms. The van der Waals surface area contributed by atoms with Gasteiger partial charge in [0.2, 0.25) is 0 Å². The van der Waals surface area contributed by atoms with E-state index in [1.807, 2.05) is 0 Å². The van der Waals surface area contributed by atoms with Gasteiger partial charge in [-0.05, 0) is 19.3 Å². The molecule has 0 aromatic rings. The summed E-state index contributed by atoms with van der Waals surface area (Å²) in [4.78, 5) is 10.4. The van der Waals surface area contributed by atoms with E-state index in [0.29, 0.717) is 0 Å². The van der Waals surface area contributed by atoms with Crippen molar-refractivity contribution in [2.45, 2.75) is 25.3 Å². The van der Waals surface area contributed by atoms with Crippen LogP contribution in [-0.2, 0) is 4.74 Å². The van der Waals surface area contributed by atoms with Crippen molar-refractivity contribution in [1.29, 1.82) is 0 Å². The Morgan fingerprint density at radius 2 is 2.33 bits per heavy atom. The van der Waals surface area contributed by atoms with Crippen LogP contribution in [0.4, 0.5) is 4.79 Å². The van der Waals surface area contributed by atoms with Gasteiger partial charge in [-0.25, -0.2) is 10.1 Å². The molecule has 1 rings (SSSR count). The summed E-state index contributed by atoms with van der Waals surface area (Å²) in [5.74, 6) is 0. The van der Waals surface area contributed by atoms with Crippen LogP contribution < -0.4 is 5.32 Å². The maximum absolute atomic E-state index is 10.4. The van der Waals surface area contributed by atoms with E-state index in [2.05, 4.69) is 10.1 Å². The van der Waals surface area contributed by atoms with E-state index >= 15 is 0 Å². The summed E-state index contributed by atoms with van der Waals surface area (Å²) in [6.07, 6.45) is 2.87. The van der Waals surface area contributed by atoms with Gasteiger partial charge in [0, 0.05) is 0 Å². The van der Waals surface area contributed by atoms with Gasteiger partial charge in [-0.3, -0.25) is 0 Å². The molecule has 0 aromatic heterocycles. The minimum Gasteiger partial charge on any atom is -0.452 e. The molecule has 1 aliphatic carbocycles. The Labute approximate surface area is 54.4 Å². The lowest BCUT2D eigenvalue weighted by atomic mass is 9.93. The minimum atomic E-state index is -0.431. The first kappa shape index (κ1) is 6.39. The number of ether oxygens (including phenoxy) is 1. The Bertz CT molecular complexity index is 110. The average molecular weight is 128 g/mol. The zero-order valence-electron chi connectivity index (χ0n) is 5.46. The van der Waals surface area contributed by atoms with Crippen LogP contribution in [-0.4, -0.2) is 19.2 Å². The molecule has 1 radical (unpaired) electrons. The van der Waals surface area contributed by atoms with Crippen molar-refractivity contribution in [3.63, 3.8) is 0 Å². The quantitative estimate of drug-likeness (QED) is 0.526. The van der Waals surface area contributed by atoms with Gasteiger partial charge in [-0.15, -0.1) is 0 Å². The summed E-state index contributed by atoms with van der Waals surface area (Å²) in [7, 11) is 1.35. The molecule has 0 aromatic carbocycles. The van der Waals surface area contributed by atoms with Gasteiger partial charge in [-0.1, -0.05) is 0 Å². The standard InChI is InChI=1S/C6H10NO2/c1-9-6(8)7-5-3-2-4-5/h5H,2-4H2,1H3. The van der Waals surface area contributed by atoms with Crippen LogP contribution in [0, 0.1) is 0 Å². The van der Waals surface area contributed by atoms with E-state index in [1.165, 1.54) is 13.5 Å². The Kier molecular flexibility index (Phi) is 1.92. The fraction of sp³-hybridized carbons (Fsp3) is 0.833. The molecule has 1 fully saturated rings. The summed E-state index contributed by atoms with van der Waals surface area (Å²) >= 11 is 0. The van der Waals surface area contributed by atoms with Crippen LogP contribution in [0.2, 0.25) is 0 Å². The van der Waals surface area contributed by atoms with Crippen LogP contribution in [0.5, 0.6) is 0 Å². The first-order valence-corrected chi connectivity index (χ1v) is 3.11. The highest BCUT2D eigenvalue weighted by atomic mass is 16.5. The molecule has 1 saturated carbocycles. The molecule has 0 heterocycles. The van der Waals surface area contributed by atoms with E-state index in [9.17, 15) is 4.79 Å². The lowest BCUT2D eigenvalue weighted by Gasteiger charge is -2.22. The van der Waals surface area contributed by atoms with Crippen molar-refractivity contribution in [3.05, 3.63) is 0 Å². The predicted molar refractivity (Wildman–Crippen MR) is 32.2 cm³/mol. The summed E-state index contributed by atoms with van der Waals surface area (Å²) in [6.45, 7) is 0. The van der Waals surface area contributed by atoms with Crippen molar-refractivity contribution in [2.75, 3.05) is 7.11 Å². The van der Waals surface area contributed by atoms with Crippen molar-refractivity contribution < 1.29 is 9.53 Å². The second-order valence-corrected chi connectivity index (χ2v) is 2.18. The molecule has 3 heteroatoms. The number of nitrogens with zero attached hydrogens (tertiary/aromatic N) is 1. The van der Waals surface area contributed by atoms with Gasteiger partial charge in [0.1, 0.15) is 0 Å². The van der Waals surface area contributed by atoms with Gasteiger partial charge in [0.25, 0.3) is 0 Å². The Hall–Kier alpha value is -0.730. The van der Waals surface area contributed by atoms with Gasteiger partial charge in [0.05, 0.1) is 13.2 Å². The van der Waals surface area contributed by atoms with Gasteiger partial charge >= 0.3 is 6.09 Å². The van der Waals surface area contributed by atoms with Crippen LogP contribution in [0.25, 0.3) is 0 Å². The van der Waals surface area contributed by atoms with Crippen molar-refractivity contribution in [2.24, 2.45) is 0 Å². The molecule has 0 spiro atoms. The second kappa shape index (κ2) is 2.71. The third kappa shape index (κ3) is 1.59. The fourth-order valence-corrected chi connectivity index (χ4v) is 0.718. The number of methoxy groups -OCH3 is 1. The maximum atomic E-state index is 10.4. The molecule has 1 aliphatic rings. The molecule has 0 aliphatic heterocycles. The van der Waals surface area contributed by atoms with E-state index < -0.39 is 6.09 Å². The van der Waals surface area contributed by atoms with Crippen LogP contribution in [0.15, 0.2) is 0 Å². The number of hydrogen-bond donors (Lipinski definition) is 0. The largest absolute Gasteiger partial charge is 0.452 e. The molecule has 0 N–H and O–H groups in total. The Balaban J connectivity index is 2.09. The molecule has 1 amide bonds. The van der Waals surface area contributed by atoms with Crippen LogP contribution >= 0.6 is 0 Å². The van der Waals surface area contributed by atoms with Crippen LogP contribution in [0.1, 0.15) is 19.3 Å². The Morgan fingerprint density at radius 1 is 1.67 bits per heavy atom. The van der Waals surface area contributed by atoms with Crippen molar-refractivity contribution >= 4 is 6.09 Å². The Morgan fingerprint density at radius 3 is 2.67 bits per heavy atom. The van der Waals surface area contributed by atoms with Crippen LogP contribution in [0.3, 0.4) is 0 Å². The highest BCUT2D eigenvalue weighted by Gasteiger charge is 2.21. The summed E-state index contributed by atoms with van der Waals surface area (Å²) in [6, 6.07) is 0.262. The van der Waals surface area contributed by atoms with E-state index in [1.54, 1.807) is 0 Å². The summed E-state index contributed by atoms with van der Waals surface area (Å²) < 4.78 is 4.35. The van der Waals surface area contributed by atoms with Gasteiger partial charge in [-0.2, -0.15) is 0 Å². The lowest BCUT2D eigenvalue weighted by molar-refractivity contribution is 0.158. The van der Waals surface area contributed by atoms with Crippen molar-refractivity contribution in [3.8, 4) is 0 Å². The third-order valence-corrected chi connectivity index (χ3v) is 1.54. The van der Waals surface area contributed by atoms with Gasteiger partial charge in [0.15, 0.2) is 0 Å². The second-order valence-electron chi connectivity index (χ2n) is 2.18. The summed E-state index contributed by atoms with van der Waals surface area (Å²) in [5, 5.41) is 3.74. The first-order valence-electron chi connectivity index (χ1n) is 3.11. The SMILES string of the molecule is COC(=O)[N]C1CCC1. The predicted octanol–water partition coefficient (Wildman–Crippen LogP) is 0.910. The summed E-state index contributed by atoms with van der Waals surface area (Å²) in [5.41, 5.74) is 0. The third-order valence-electron chi connectivity index (χ3n) is 1.54. The molecule has 0 unspecified atom stereocenters. The molecular weight excluding hydrogens is 118 g/mol. The average Bonchev–Trinajstić information content (AvgIpc) is 1.78. The first-order chi connectivity index (χ1) is 4.33. The number of carbonyl (C=O) groups excluding carboxylic acids is 1. The molecule has 0 atom stereocenters. The maximum Gasteiger partial charge on any atom is 0.428 e. The molecular formula is C6H10NO2. The number of carbonyl (C=O) groups is 1. The minimum absolute atomic E-state index is 0.262. The molecule has 0 saturated heterocycles. The van der Waals surface area contributed by atoms with E-state index in [-0.39, 0.29) is 6.04 Å². The smallest absolute Gasteiger partial charge is 0.428 e. The molecule has 0 bridgehead atoms. The van der Waals surface area contributed by atoms with Crippen molar-refractivity contribution in [1.82, 2.24) is 5.32 Å². The highest BCUT2D eigenvalue weighted by Crippen LogP contribution is 2.18. The van der Waals surface area contributed by atoms with E-state index in [0.717, 1.165) is 12.8 Å². The number of hydrogen-bond acceptors (Lipinski definition) is 2. The van der Waals surface area contributed by atoms with Gasteiger partial charge < -0.3 is 4.74 Å². The monoisotopic (exact) mass is 128 g/mol. The topological polar surface area (TPSA) is 40.4 Å². The molecule has 51 valence electrons. The fourth-order valence-electron chi connectivity index (χ4n) is 0.718. The van der Waals surface area contributed by atoms with E-state index in [4.69, 9.17) is 0 Å². The molecule has 3 nitrogen and oxygen atoms in total. The normalized spacial score (nSPS) is 18.3. The zero-order valence-corrected chi connectivity index (χ0v) is 5.46.